The zero-order valence-corrected chi connectivity index (χ0v) is 13.8. The van der Waals surface area contributed by atoms with Crippen LogP contribution in [0.1, 0.15) is 23.1 Å². The second-order valence-electron chi connectivity index (χ2n) is 5.75. The Morgan fingerprint density at radius 3 is 2.25 bits per heavy atom. The van der Waals surface area contributed by atoms with Gasteiger partial charge in [0.2, 0.25) is 5.91 Å². The third-order valence-corrected chi connectivity index (χ3v) is 3.42. The molecule has 0 unspecified atom stereocenters. The summed E-state index contributed by atoms with van der Waals surface area (Å²) in [5.41, 5.74) is 4.20. The number of benzene rings is 2. The fourth-order valence-electron chi connectivity index (χ4n) is 2.47. The van der Waals surface area contributed by atoms with Crippen LogP contribution in [0.15, 0.2) is 42.5 Å². The number of carboxylic acids is 1. The SMILES string of the molecule is Cc1cc(C)cc(CCC(=O)Nc2ccc(OCC(=O)O)cc2)c1. The first-order chi connectivity index (χ1) is 11.4. The number of hydrogen-bond acceptors (Lipinski definition) is 3. The molecule has 5 heteroatoms. The molecule has 0 fully saturated rings. The van der Waals surface area contributed by atoms with Gasteiger partial charge in [-0.1, -0.05) is 29.3 Å². The maximum absolute atomic E-state index is 12.0. The van der Waals surface area contributed by atoms with Crippen molar-refractivity contribution in [2.45, 2.75) is 26.7 Å². The number of aryl methyl sites for hydroxylation is 3. The van der Waals surface area contributed by atoms with Crippen molar-refractivity contribution in [1.29, 1.82) is 0 Å². The van der Waals surface area contributed by atoms with Crippen LogP contribution in [0.25, 0.3) is 0 Å². The van der Waals surface area contributed by atoms with Gasteiger partial charge in [0.1, 0.15) is 5.75 Å². The average Bonchev–Trinajstić information content (AvgIpc) is 2.51. The van der Waals surface area contributed by atoms with Gasteiger partial charge in [0.25, 0.3) is 0 Å². The van der Waals surface area contributed by atoms with Gasteiger partial charge in [-0.15, -0.1) is 0 Å². The molecule has 126 valence electrons. The molecule has 0 spiro atoms. The monoisotopic (exact) mass is 327 g/mol. The third kappa shape index (κ3) is 5.76. The number of carbonyl (C=O) groups excluding carboxylic acids is 1. The minimum Gasteiger partial charge on any atom is -0.482 e. The number of hydrogen-bond donors (Lipinski definition) is 2. The Kier molecular flexibility index (Phi) is 5.95. The van der Waals surface area contributed by atoms with E-state index in [2.05, 4.69) is 23.5 Å². The molecule has 2 rings (SSSR count). The average molecular weight is 327 g/mol. The van der Waals surface area contributed by atoms with E-state index < -0.39 is 5.97 Å². The van der Waals surface area contributed by atoms with E-state index >= 15 is 0 Å². The molecule has 0 aliphatic heterocycles. The molecule has 0 bridgehead atoms. The lowest BCUT2D eigenvalue weighted by atomic mass is 10.0. The van der Waals surface area contributed by atoms with Gasteiger partial charge in [-0.25, -0.2) is 4.79 Å². The van der Waals surface area contributed by atoms with Crippen LogP contribution in [0.2, 0.25) is 0 Å². The topological polar surface area (TPSA) is 75.6 Å². The highest BCUT2D eigenvalue weighted by atomic mass is 16.5. The standard InChI is InChI=1S/C19H21NO4/c1-13-9-14(2)11-15(10-13)3-8-18(21)20-16-4-6-17(7-5-16)24-12-19(22)23/h4-7,9-11H,3,8,12H2,1-2H3,(H,20,21)(H,22,23). The van der Waals surface area contributed by atoms with Crippen LogP contribution in [0.5, 0.6) is 5.75 Å². The summed E-state index contributed by atoms with van der Waals surface area (Å²) < 4.78 is 5.04. The maximum atomic E-state index is 12.0. The van der Waals surface area contributed by atoms with E-state index in [0.717, 1.165) is 5.56 Å². The molecular formula is C19H21NO4. The van der Waals surface area contributed by atoms with E-state index in [0.29, 0.717) is 24.3 Å². The van der Waals surface area contributed by atoms with E-state index in [1.807, 2.05) is 13.8 Å². The summed E-state index contributed by atoms with van der Waals surface area (Å²) in [7, 11) is 0. The number of aliphatic carboxylic acids is 1. The van der Waals surface area contributed by atoms with Gasteiger partial charge in [-0.2, -0.15) is 0 Å². The molecule has 0 heterocycles. The molecule has 0 aliphatic carbocycles. The summed E-state index contributed by atoms with van der Waals surface area (Å²) in [5, 5.41) is 11.4. The Bertz CT molecular complexity index is 702. The summed E-state index contributed by atoms with van der Waals surface area (Å²) in [6, 6.07) is 12.9. The molecule has 1 amide bonds. The van der Waals surface area contributed by atoms with E-state index in [9.17, 15) is 9.59 Å². The fourth-order valence-corrected chi connectivity index (χ4v) is 2.47. The summed E-state index contributed by atoms with van der Waals surface area (Å²) >= 11 is 0. The second kappa shape index (κ2) is 8.15. The summed E-state index contributed by atoms with van der Waals surface area (Å²) in [4.78, 5) is 22.5. The Morgan fingerprint density at radius 1 is 1.04 bits per heavy atom. The lowest BCUT2D eigenvalue weighted by molar-refractivity contribution is -0.139. The minimum absolute atomic E-state index is 0.0617. The van der Waals surface area contributed by atoms with Crippen LogP contribution in [-0.2, 0) is 16.0 Å². The van der Waals surface area contributed by atoms with Crippen LogP contribution >= 0.6 is 0 Å². The van der Waals surface area contributed by atoms with Crippen molar-refractivity contribution in [2.75, 3.05) is 11.9 Å². The van der Waals surface area contributed by atoms with Gasteiger partial charge in [-0.3, -0.25) is 4.79 Å². The number of amides is 1. The van der Waals surface area contributed by atoms with Crippen LogP contribution in [0, 0.1) is 13.8 Å². The smallest absolute Gasteiger partial charge is 0.341 e. The number of nitrogens with one attached hydrogen (secondary N) is 1. The predicted octanol–water partition coefficient (Wildman–Crippen LogP) is 3.34. The van der Waals surface area contributed by atoms with Gasteiger partial charge in [0.05, 0.1) is 0 Å². The quantitative estimate of drug-likeness (QED) is 0.818. The van der Waals surface area contributed by atoms with Crippen molar-refractivity contribution >= 4 is 17.6 Å². The van der Waals surface area contributed by atoms with Gasteiger partial charge < -0.3 is 15.2 Å². The number of ether oxygens (including phenoxy) is 1. The molecule has 0 aliphatic rings. The molecule has 0 aromatic heterocycles. The number of anilines is 1. The second-order valence-corrected chi connectivity index (χ2v) is 5.75. The van der Waals surface area contributed by atoms with Crippen molar-refractivity contribution < 1.29 is 19.4 Å². The molecule has 2 N–H and O–H groups in total. The fraction of sp³-hybridized carbons (Fsp3) is 0.263. The van der Waals surface area contributed by atoms with Crippen molar-refractivity contribution in [1.82, 2.24) is 0 Å². The van der Waals surface area contributed by atoms with Crippen molar-refractivity contribution in [3.05, 3.63) is 59.2 Å². The Balaban J connectivity index is 1.84. The number of carbonyl (C=O) groups is 2. The zero-order chi connectivity index (χ0) is 17.5. The van der Waals surface area contributed by atoms with Gasteiger partial charge in [-0.05, 0) is 50.1 Å². The van der Waals surface area contributed by atoms with E-state index in [1.165, 1.54) is 11.1 Å². The molecule has 2 aromatic carbocycles. The Labute approximate surface area is 141 Å². The lowest BCUT2D eigenvalue weighted by Crippen LogP contribution is -2.12. The molecule has 0 saturated carbocycles. The van der Waals surface area contributed by atoms with E-state index in [4.69, 9.17) is 9.84 Å². The van der Waals surface area contributed by atoms with E-state index in [-0.39, 0.29) is 12.5 Å². The normalized spacial score (nSPS) is 10.2. The van der Waals surface area contributed by atoms with Crippen molar-refractivity contribution in [3.8, 4) is 5.75 Å². The Hall–Kier alpha value is -2.82. The largest absolute Gasteiger partial charge is 0.482 e. The van der Waals surface area contributed by atoms with Gasteiger partial charge in [0, 0.05) is 12.1 Å². The van der Waals surface area contributed by atoms with Crippen LogP contribution in [0.4, 0.5) is 5.69 Å². The molecule has 0 atom stereocenters. The molecular weight excluding hydrogens is 306 g/mol. The van der Waals surface area contributed by atoms with E-state index in [1.54, 1.807) is 24.3 Å². The third-order valence-electron chi connectivity index (χ3n) is 3.42. The van der Waals surface area contributed by atoms with Crippen LogP contribution in [-0.4, -0.2) is 23.6 Å². The zero-order valence-electron chi connectivity index (χ0n) is 13.8. The first kappa shape index (κ1) is 17.5. The van der Waals surface area contributed by atoms with Crippen LogP contribution < -0.4 is 10.1 Å². The lowest BCUT2D eigenvalue weighted by Gasteiger charge is -2.08. The highest BCUT2D eigenvalue weighted by Gasteiger charge is 2.05. The number of rotatable bonds is 7. The first-order valence-corrected chi connectivity index (χ1v) is 7.74. The Morgan fingerprint density at radius 2 is 1.67 bits per heavy atom. The van der Waals surface area contributed by atoms with Gasteiger partial charge >= 0.3 is 5.97 Å². The summed E-state index contributed by atoms with van der Waals surface area (Å²) in [6.07, 6.45) is 1.09. The highest BCUT2D eigenvalue weighted by Crippen LogP contribution is 2.16. The van der Waals surface area contributed by atoms with Crippen LogP contribution in [0.3, 0.4) is 0 Å². The molecule has 0 saturated heterocycles. The number of carboxylic acid groups (broad SMARTS) is 1. The molecule has 5 nitrogen and oxygen atoms in total. The van der Waals surface area contributed by atoms with Crippen molar-refractivity contribution in [2.24, 2.45) is 0 Å². The van der Waals surface area contributed by atoms with Crippen molar-refractivity contribution in [3.63, 3.8) is 0 Å². The predicted molar refractivity (Wildman–Crippen MR) is 92.4 cm³/mol. The maximum Gasteiger partial charge on any atom is 0.341 e. The molecule has 24 heavy (non-hydrogen) atoms. The van der Waals surface area contributed by atoms with Gasteiger partial charge in [0.15, 0.2) is 6.61 Å². The summed E-state index contributed by atoms with van der Waals surface area (Å²) in [6.45, 7) is 3.71. The highest BCUT2D eigenvalue weighted by molar-refractivity contribution is 5.90. The first-order valence-electron chi connectivity index (χ1n) is 7.74. The molecule has 2 aromatic rings. The molecule has 0 radical (unpaired) electrons. The summed E-state index contributed by atoms with van der Waals surface area (Å²) in [5.74, 6) is -0.641. The minimum atomic E-state index is -1.03.